The number of ether oxygens (including phenoxy) is 1. The average molecular weight is 312 g/mol. The van der Waals surface area contributed by atoms with Crippen LogP contribution in [-0.2, 0) is 17.8 Å². The first kappa shape index (κ1) is 14.9. The second-order valence-electron chi connectivity index (χ2n) is 5.09. The van der Waals surface area contributed by atoms with E-state index in [2.05, 4.69) is 10.3 Å². The van der Waals surface area contributed by atoms with E-state index in [0.717, 1.165) is 16.6 Å². The summed E-state index contributed by atoms with van der Waals surface area (Å²) >= 11 is 0. The predicted molar refractivity (Wildman–Crippen MR) is 85.7 cm³/mol. The first-order valence-electron chi connectivity index (χ1n) is 7.12. The topological polar surface area (TPSA) is 84.6 Å². The van der Waals surface area contributed by atoms with E-state index in [0.29, 0.717) is 23.9 Å². The van der Waals surface area contributed by atoms with Crippen LogP contribution in [0.4, 0.5) is 6.01 Å². The Morgan fingerprint density at radius 1 is 1.22 bits per heavy atom. The van der Waals surface area contributed by atoms with Gasteiger partial charge in [0.25, 0.3) is 6.01 Å². The maximum absolute atomic E-state index is 10.7. The highest BCUT2D eigenvalue weighted by Gasteiger charge is 2.07. The molecule has 0 fully saturated rings. The normalized spacial score (nSPS) is 10.7. The van der Waals surface area contributed by atoms with Crippen molar-refractivity contribution in [1.29, 1.82) is 0 Å². The lowest BCUT2D eigenvalue weighted by Crippen LogP contribution is -2.02. The van der Waals surface area contributed by atoms with Gasteiger partial charge in [-0.2, -0.15) is 4.98 Å². The lowest BCUT2D eigenvalue weighted by atomic mass is 10.1. The summed E-state index contributed by atoms with van der Waals surface area (Å²) in [6, 6.07) is 13.3. The molecule has 0 spiro atoms. The predicted octanol–water partition coefficient (Wildman–Crippen LogP) is 3.08. The number of carboxylic acid groups (broad SMARTS) is 1. The van der Waals surface area contributed by atoms with Gasteiger partial charge in [0.2, 0.25) is 0 Å². The van der Waals surface area contributed by atoms with Crippen LogP contribution in [0.1, 0.15) is 11.1 Å². The molecule has 3 aromatic rings. The van der Waals surface area contributed by atoms with Gasteiger partial charge < -0.3 is 19.6 Å². The first-order chi connectivity index (χ1) is 11.1. The summed E-state index contributed by atoms with van der Waals surface area (Å²) in [6.45, 7) is 0.539. The Kier molecular flexibility index (Phi) is 4.14. The molecule has 1 heterocycles. The van der Waals surface area contributed by atoms with E-state index in [4.69, 9.17) is 14.3 Å². The average Bonchev–Trinajstić information content (AvgIpc) is 2.95. The number of aromatic nitrogens is 1. The molecule has 0 amide bonds. The van der Waals surface area contributed by atoms with Crippen molar-refractivity contribution in [2.45, 2.75) is 13.0 Å². The second-order valence-corrected chi connectivity index (χ2v) is 5.09. The van der Waals surface area contributed by atoms with Crippen LogP contribution in [0.25, 0.3) is 11.1 Å². The van der Waals surface area contributed by atoms with E-state index in [1.807, 2.05) is 36.4 Å². The number of rotatable bonds is 6. The molecule has 0 unspecified atom stereocenters. The summed E-state index contributed by atoms with van der Waals surface area (Å²) in [4.78, 5) is 15.0. The summed E-state index contributed by atoms with van der Waals surface area (Å²) in [5, 5.41) is 11.9. The molecular weight excluding hydrogens is 296 g/mol. The number of hydrogen-bond acceptors (Lipinski definition) is 5. The lowest BCUT2D eigenvalue weighted by molar-refractivity contribution is -0.136. The number of oxazole rings is 1. The number of anilines is 1. The second kappa shape index (κ2) is 6.39. The Balaban J connectivity index is 1.66. The van der Waals surface area contributed by atoms with Gasteiger partial charge in [0.1, 0.15) is 11.3 Å². The maximum atomic E-state index is 10.7. The van der Waals surface area contributed by atoms with Gasteiger partial charge >= 0.3 is 5.97 Å². The minimum absolute atomic E-state index is 0.0284. The number of methoxy groups -OCH3 is 1. The number of fused-ring (bicyclic) bond motifs is 1. The molecule has 0 bridgehead atoms. The van der Waals surface area contributed by atoms with Crippen molar-refractivity contribution >= 4 is 23.1 Å². The summed E-state index contributed by atoms with van der Waals surface area (Å²) in [7, 11) is 1.60. The fraction of sp³-hybridized carbons (Fsp3) is 0.176. The van der Waals surface area contributed by atoms with Crippen LogP contribution >= 0.6 is 0 Å². The van der Waals surface area contributed by atoms with E-state index in [9.17, 15) is 4.79 Å². The fourth-order valence-electron chi connectivity index (χ4n) is 2.23. The highest BCUT2D eigenvalue weighted by molar-refractivity contribution is 5.76. The molecule has 0 aliphatic heterocycles. The molecule has 118 valence electrons. The number of hydrogen-bond donors (Lipinski definition) is 2. The Bertz CT molecular complexity index is 824. The molecule has 0 aliphatic carbocycles. The highest BCUT2D eigenvalue weighted by Crippen LogP contribution is 2.23. The number of nitrogens with one attached hydrogen (secondary N) is 1. The van der Waals surface area contributed by atoms with Crippen LogP contribution in [0.5, 0.6) is 5.75 Å². The molecule has 0 atom stereocenters. The number of benzene rings is 2. The van der Waals surface area contributed by atoms with Gasteiger partial charge in [-0.3, -0.25) is 4.79 Å². The van der Waals surface area contributed by atoms with E-state index in [-0.39, 0.29) is 6.42 Å². The summed E-state index contributed by atoms with van der Waals surface area (Å²) in [6.07, 6.45) is 0.0284. The summed E-state index contributed by atoms with van der Waals surface area (Å²) in [5.74, 6) is -0.119. The fourth-order valence-corrected chi connectivity index (χ4v) is 2.23. The largest absolute Gasteiger partial charge is 0.497 e. The zero-order valence-corrected chi connectivity index (χ0v) is 12.6. The van der Waals surface area contributed by atoms with Gasteiger partial charge in [0.15, 0.2) is 5.58 Å². The molecule has 2 N–H and O–H groups in total. The van der Waals surface area contributed by atoms with Crippen LogP contribution in [0, 0.1) is 0 Å². The highest BCUT2D eigenvalue weighted by atomic mass is 16.5. The Morgan fingerprint density at radius 3 is 2.65 bits per heavy atom. The monoisotopic (exact) mass is 312 g/mol. The molecule has 3 rings (SSSR count). The molecule has 0 saturated heterocycles. The zero-order valence-electron chi connectivity index (χ0n) is 12.6. The van der Waals surface area contributed by atoms with Crippen molar-refractivity contribution in [1.82, 2.24) is 4.98 Å². The van der Waals surface area contributed by atoms with E-state index in [1.54, 1.807) is 13.2 Å². The van der Waals surface area contributed by atoms with E-state index >= 15 is 0 Å². The van der Waals surface area contributed by atoms with Crippen molar-refractivity contribution in [3.8, 4) is 5.75 Å². The van der Waals surface area contributed by atoms with Gasteiger partial charge in [-0.05, 0) is 23.3 Å². The lowest BCUT2D eigenvalue weighted by Gasteiger charge is -2.03. The standard InChI is InChI=1S/C17H16N2O4/c1-22-13-6-7-14-15(9-13)23-17(19-14)18-10-12-4-2-11(3-5-12)8-16(20)21/h2-7,9H,8,10H2,1H3,(H,18,19)(H,20,21). The number of carbonyl (C=O) groups is 1. The third kappa shape index (κ3) is 3.60. The smallest absolute Gasteiger partial charge is 0.307 e. The molecule has 1 aromatic heterocycles. The SMILES string of the molecule is COc1ccc2nc(NCc3ccc(CC(=O)O)cc3)oc2c1. The van der Waals surface area contributed by atoms with Gasteiger partial charge in [-0.1, -0.05) is 24.3 Å². The van der Waals surface area contributed by atoms with E-state index in [1.165, 1.54) is 0 Å². The van der Waals surface area contributed by atoms with Crippen LogP contribution in [0.15, 0.2) is 46.9 Å². The number of aliphatic carboxylic acids is 1. The molecule has 0 aliphatic rings. The Morgan fingerprint density at radius 2 is 1.96 bits per heavy atom. The van der Waals surface area contributed by atoms with Crippen molar-refractivity contribution in [2.75, 3.05) is 12.4 Å². The molecule has 2 aromatic carbocycles. The Labute approximate surface area is 132 Å². The molecule has 6 nitrogen and oxygen atoms in total. The van der Waals surface area contributed by atoms with Gasteiger partial charge in [-0.15, -0.1) is 0 Å². The van der Waals surface area contributed by atoms with Gasteiger partial charge in [0, 0.05) is 12.6 Å². The third-order valence-corrected chi connectivity index (χ3v) is 3.42. The minimum Gasteiger partial charge on any atom is -0.497 e. The van der Waals surface area contributed by atoms with Gasteiger partial charge in [-0.25, -0.2) is 0 Å². The molecule has 23 heavy (non-hydrogen) atoms. The maximum Gasteiger partial charge on any atom is 0.307 e. The molecule has 0 radical (unpaired) electrons. The van der Waals surface area contributed by atoms with Crippen molar-refractivity contribution in [2.24, 2.45) is 0 Å². The van der Waals surface area contributed by atoms with Gasteiger partial charge in [0.05, 0.1) is 13.5 Å². The molecule has 0 saturated carbocycles. The van der Waals surface area contributed by atoms with Crippen LogP contribution in [0.2, 0.25) is 0 Å². The number of nitrogens with zero attached hydrogens (tertiary/aromatic N) is 1. The number of carboxylic acids is 1. The summed E-state index contributed by atoms with van der Waals surface area (Å²) < 4.78 is 10.8. The summed E-state index contributed by atoms with van der Waals surface area (Å²) in [5.41, 5.74) is 3.20. The minimum atomic E-state index is -0.835. The molecular formula is C17H16N2O4. The van der Waals surface area contributed by atoms with E-state index < -0.39 is 5.97 Å². The quantitative estimate of drug-likeness (QED) is 0.727. The van der Waals surface area contributed by atoms with Crippen LogP contribution < -0.4 is 10.1 Å². The van der Waals surface area contributed by atoms with Crippen LogP contribution in [0.3, 0.4) is 0 Å². The molecule has 6 heteroatoms. The van der Waals surface area contributed by atoms with Crippen LogP contribution in [-0.4, -0.2) is 23.2 Å². The van der Waals surface area contributed by atoms with Crippen molar-refractivity contribution < 1.29 is 19.1 Å². The van der Waals surface area contributed by atoms with Crippen molar-refractivity contribution in [3.63, 3.8) is 0 Å². The Hall–Kier alpha value is -3.02. The first-order valence-corrected chi connectivity index (χ1v) is 7.12. The third-order valence-electron chi connectivity index (χ3n) is 3.42. The van der Waals surface area contributed by atoms with Crippen molar-refractivity contribution in [3.05, 3.63) is 53.6 Å². The zero-order chi connectivity index (χ0) is 16.2.